The number of benzene rings is 1. The summed E-state index contributed by atoms with van der Waals surface area (Å²) in [6.07, 6.45) is -0.821. The maximum Gasteiger partial charge on any atom is 0.433 e. The highest BCUT2D eigenvalue weighted by atomic mass is 32.2. The number of hydrogen-bond donors (Lipinski definition) is 2. The van der Waals surface area contributed by atoms with Crippen LogP contribution in [0, 0.1) is 11.7 Å². The first-order valence-corrected chi connectivity index (χ1v) is 11.9. The van der Waals surface area contributed by atoms with Crippen LogP contribution in [-0.4, -0.2) is 25.6 Å². The summed E-state index contributed by atoms with van der Waals surface area (Å²) in [5, 5.41) is 2.63. The minimum absolute atomic E-state index is 0.0528. The maximum atomic E-state index is 14.2. The molecule has 6 nitrogen and oxygen atoms in total. The van der Waals surface area contributed by atoms with E-state index in [-0.39, 0.29) is 17.3 Å². The van der Waals surface area contributed by atoms with Crippen LogP contribution in [0.15, 0.2) is 36.4 Å². The van der Waals surface area contributed by atoms with Gasteiger partial charge < -0.3 is 5.32 Å². The Morgan fingerprint density at radius 1 is 1.15 bits per heavy atom. The summed E-state index contributed by atoms with van der Waals surface area (Å²) in [6.45, 7) is 5.30. The van der Waals surface area contributed by atoms with Gasteiger partial charge in [0, 0.05) is 11.8 Å². The van der Waals surface area contributed by atoms with Gasteiger partial charge in [0.05, 0.1) is 18.0 Å². The van der Waals surface area contributed by atoms with Gasteiger partial charge in [0.2, 0.25) is 15.9 Å². The second-order valence-electron chi connectivity index (χ2n) is 8.01. The first-order valence-electron chi connectivity index (χ1n) is 9.98. The molecular formula is C22H25F4N3O3S. The predicted octanol–water partition coefficient (Wildman–Crippen LogP) is 4.70. The largest absolute Gasteiger partial charge is 0.433 e. The van der Waals surface area contributed by atoms with Crippen molar-refractivity contribution in [1.29, 1.82) is 0 Å². The summed E-state index contributed by atoms with van der Waals surface area (Å²) in [5.41, 5.74) is -0.198. The Hall–Kier alpha value is -2.95. The zero-order valence-corrected chi connectivity index (χ0v) is 19.3. The smallest absolute Gasteiger partial charge is 0.346 e. The number of alkyl halides is 3. The fourth-order valence-corrected chi connectivity index (χ4v) is 3.53. The van der Waals surface area contributed by atoms with E-state index in [1.165, 1.54) is 30.4 Å². The maximum absolute atomic E-state index is 14.2. The average molecular weight is 488 g/mol. The van der Waals surface area contributed by atoms with E-state index >= 15 is 0 Å². The molecule has 0 spiro atoms. The van der Waals surface area contributed by atoms with Crippen molar-refractivity contribution in [3.8, 4) is 0 Å². The van der Waals surface area contributed by atoms with Crippen LogP contribution in [0.25, 0.3) is 6.08 Å². The molecule has 1 aromatic heterocycles. The molecule has 0 aliphatic heterocycles. The number of aromatic nitrogens is 1. The molecule has 1 aromatic carbocycles. The van der Waals surface area contributed by atoms with Crippen LogP contribution in [0.2, 0.25) is 0 Å². The summed E-state index contributed by atoms with van der Waals surface area (Å²) < 4.78 is 77.7. The van der Waals surface area contributed by atoms with Crippen molar-refractivity contribution in [1.82, 2.24) is 10.3 Å². The third-order valence-corrected chi connectivity index (χ3v) is 5.05. The molecule has 1 atom stereocenters. The van der Waals surface area contributed by atoms with Crippen LogP contribution in [0.5, 0.6) is 0 Å². The van der Waals surface area contributed by atoms with E-state index in [0.29, 0.717) is 17.5 Å². The van der Waals surface area contributed by atoms with Gasteiger partial charge in [-0.25, -0.2) is 17.8 Å². The normalized spacial score (nSPS) is 13.4. The van der Waals surface area contributed by atoms with Crippen molar-refractivity contribution in [2.24, 2.45) is 5.92 Å². The zero-order valence-electron chi connectivity index (χ0n) is 18.5. The SMILES string of the molecule is CC(C)Cc1nc(C(F)(F)F)ccc1/C=C/C(=O)NC(C)c1ccc(NS(C)(=O)=O)c(F)c1. The van der Waals surface area contributed by atoms with Crippen LogP contribution in [0.3, 0.4) is 0 Å². The number of rotatable bonds is 8. The second kappa shape index (κ2) is 10.3. The van der Waals surface area contributed by atoms with Crippen LogP contribution >= 0.6 is 0 Å². The van der Waals surface area contributed by atoms with Gasteiger partial charge in [-0.15, -0.1) is 0 Å². The van der Waals surface area contributed by atoms with Gasteiger partial charge in [-0.1, -0.05) is 26.0 Å². The molecule has 0 bridgehead atoms. The Morgan fingerprint density at radius 3 is 2.36 bits per heavy atom. The summed E-state index contributed by atoms with van der Waals surface area (Å²) in [6, 6.07) is 5.32. The molecule has 0 saturated heterocycles. The van der Waals surface area contributed by atoms with Crippen LogP contribution in [0.1, 0.15) is 49.3 Å². The number of pyridine rings is 1. The number of hydrogen-bond acceptors (Lipinski definition) is 4. The number of nitrogens with one attached hydrogen (secondary N) is 2. The van der Waals surface area contributed by atoms with E-state index in [4.69, 9.17) is 0 Å². The van der Waals surface area contributed by atoms with Gasteiger partial charge in [-0.2, -0.15) is 13.2 Å². The third-order valence-electron chi connectivity index (χ3n) is 4.46. The lowest BCUT2D eigenvalue weighted by Gasteiger charge is -2.15. The Labute approximate surface area is 190 Å². The highest BCUT2D eigenvalue weighted by Crippen LogP contribution is 2.29. The molecule has 0 aliphatic rings. The minimum Gasteiger partial charge on any atom is -0.346 e. The van der Waals surface area contributed by atoms with Gasteiger partial charge in [0.25, 0.3) is 0 Å². The van der Waals surface area contributed by atoms with E-state index < -0.39 is 39.7 Å². The minimum atomic E-state index is -4.57. The molecule has 33 heavy (non-hydrogen) atoms. The molecule has 0 aliphatic carbocycles. The number of halogens is 4. The molecule has 2 aromatic rings. The van der Waals surface area contributed by atoms with Crippen LogP contribution in [-0.2, 0) is 27.4 Å². The number of amides is 1. The average Bonchev–Trinajstić information content (AvgIpc) is 2.66. The fraction of sp³-hybridized carbons (Fsp3) is 0.364. The lowest BCUT2D eigenvalue weighted by Crippen LogP contribution is -2.24. The topological polar surface area (TPSA) is 88.2 Å². The Kier molecular flexibility index (Phi) is 8.23. The molecule has 1 heterocycles. The number of nitrogens with zero attached hydrogens (tertiary/aromatic N) is 1. The molecule has 180 valence electrons. The van der Waals surface area contributed by atoms with E-state index in [1.807, 2.05) is 18.6 Å². The first kappa shape index (κ1) is 26.3. The first-order chi connectivity index (χ1) is 15.2. The van der Waals surface area contributed by atoms with Crippen molar-refractivity contribution >= 4 is 27.7 Å². The fourth-order valence-electron chi connectivity index (χ4n) is 2.97. The van der Waals surface area contributed by atoms with Gasteiger partial charge in [-0.3, -0.25) is 9.52 Å². The summed E-state index contributed by atoms with van der Waals surface area (Å²) in [4.78, 5) is 16.0. The third kappa shape index (κ3) is 8.16. The molecule has 2 rings (SSSR count). The molecule has 0 fully saturated rings. The molecular weight excluding hydrogens is 462 g/mol. The predicted molar refractivity (Wildman–Crippen MR) is 118 cm³/mol. The number of anilines is 1. The van der Waals surface area contributed by atoms with Crippen LogP contribution < -0.4 is 10.0 Å². The van der Waals surface area contributed by atoms with Gasteiger partial charge in [-0.05, 0) is 54.7 Å². The second-order valence-corrected chi connectivity index (χ2v) is 9.75. The van der Waals surface area contributed by atoms with Gasteiger partial charge >= 0.3 is 6.18 Å². The van der Waals surface area contributed by atoms with Gasteiger partial charge in [0.1, 0.15) is 11.5 Å². The Morgan fingerprint density at radius 2 is 1.82 bits per heavy atom. The summed E-state index contributed by atoms with van der Waals surface area (Å²) >= 11 is 0. The van der Waals surface area contributed by atoms with E-state index in [1.54, 1.807) is 6.92 Å². The van der Waals surface area contributed by atoms with Gasteiger partial charge in [0.15, 0.2) is 0 Å². The molecule has 11 heteroatoms. The lowest BCUT2D eigenvalue weighted by atomic mass is 10.0. The molecule has 0 radical (unpaired) electrons. The van der Waals surface area contributed by atoms with E-state index in [0.717, 1.165) is 18.4 Å². The molecule has 1 amide bonds. The lowest BCUT2D eigenvalue weighted by molar-refractivity contribution is -0.141. The highest BCUT2D eigenvalue weighted by Gasteiger charge is 2.32. The van der Waals surface area contributed by atoms with E-state index in [2.05, 4.69) is 10.3 Å². The highest BCUT2D eigenvalue weighted by molar-refractivity contribution is 7.92. The number of carbonyl (C=O) groups is 1. The Balaban J connectivity index is 2.15. The quantitative estimate of drug-likeness (QED) is 0.417. The van der Waals surface area contributed by atoms with Crippen molar-refractivity contribution in [2.75, 3.05) is 11.0 Å². The van der Waals surface area contributed by atoms with Crippen molar-refractivity contribution in [3.05, 3.63) is 64.7 Å². The summed E-state index contributed by atoms with van der Waals surface area (Å²) in [5.74, 6) is -1.29. The summed E-state index contributed by atoms with van der Waals surface area (Å²) in [7, 11) is -3.64. The molecule has 2 N–H and O–H groups in total. The number of carbonyl (C=O) groups excluding carboxylic acids is 1. The number of sulfonamides is 1. The van der Waals surface area contributed by atoms with E-state index in [9.17, 15) is 30.8 Å². The van der Waals surface area contributed by atoms with Crippen molar-refractivity contribution in [3.63, 3.8) is 0 Å². The van der Waals surface area contributed by atoms with Crippen molar-refractivity contribution in [2.45, 2.75) is 39.4 Å². The standard InChI is InChI=1S/C22H25F4N3O3S/c1-13(2)11-19-15(6-9-20(28-19)22(24,25)26)7-10-21(30)27-14(3)16-5-8-18(17(23)12-16)29-33(4,31)32/h5-10,12-14,29H,11H2,1-4H3,(H,27,30)/b10-7+. The Bertz CT molecular complexity index is 1150. The monoisotopic (exact) mass is 487 g/mol. The zero-order chi connectivity index (χ0) is 25.0. The van der Waals surface area contributed by atoms with Crippen LogP contribution in [0.4, 0.5) is 23.2 Å². The molecule has 0 saturated carbocycles. The molecule has 1 unspecified atom stereocenters. The van der Waals surface area contributed by atoms with Crippen molar-refractivity contribution < 1.29 is 30.8 Å².